The predicted molar refractivity (Wildman–Crippen MR) is 106 cm³/mol. The van der Waals surface area contributed by atoms with Gasteiger partial charge in [0.1, 0.15) is 18.5 Å². The lowest BCUT2D eigenvalue weighted by molar-refractivity contribution is 0.0998. The lowest BCUT2D eigenvalue weighted by atomic mass is 10.1. The highest BCUT2D eigenvalue weighted by Gasteiger charge is 2.24. The number of hydrogen-bond acceptors (Lipinski definition) is 3. The minimum absolute atomic E-state index is 0.0676. The third-order valence-corrected chi connectivity index (χ3v) is 4.50. The summed E-state index contributed by atoms with van der Waals surface area (Å²) in [7, 11) is 0. The van der Waals surface area contributed by atoms with Crippen molar-refractivity contribution < 1.29 is 14.3 Å². The molecule has 1 atom stereocenters. The highest BCUT2D eigenvalue weighted by molar-refractivity contribution is 6.11. The molecule has 1 fully saturated rings. The van der Waals surface area contributed by atoms with Gasteiger partial charge in [0.2, 0.25) is 0 Å². The van der Waals surface area contributed by atoms with Crippen LogP contribution in [0.3, 0.4) is 0 Å². The van der Waals surface area contributed by atoms with Crippen LogP contribution in [0.5, 0.6) is 5.75 Å². The van der Waals surface area contributed by atoms with Crippen molar-refractivity contribution >= 4 is 17.3 Å². The Hall–Kier alpha value is -3.11. The average Bonchev–Trinajstić information content (AvgIpc) is 3.53. The van der Waals surface area contributed by atoms with Crippen LogP contribution < -0.4 is 9.64 Å². The van der Waals surface area contributed by atoms with Crippen molar-refractivity contribution in [3.8, 4) is 5.75 Å². The van der Waals surface area contributed by atoms with E-state index in [0.29, 0.717) is 12.2 Å². The summed E-state index contributed by atoms with van der Waals surface area (Å²) in [5.74, 6) is 0.687. The van der Waals surface area contributed by atoms with Gasteiger partial charge in [-0.2, -0.15) is 0 Å². The Morgan fingerprint density at radius 3 is 2.11 bits per heavy atom. The molecular formula is C23H21NO3. The van der Waals surface area contributed by atoms with E-state index in [1.807, 2.05) is 85.8 Å². The minimum Gasteiger partial charge on any atom is -0.491 e. The molecule has 1 amide bonds. The molecule has 4 heteroatoms. The molecular weight excluding hydrogens is 338 g/mol. The van der Waals surface area contributed by atoms with Gasteiger partial charge in [-0.05, 0) is 55.0 Å². The van der Waals surface area contributed by atoms with Gasteiger partial charge in [-0.1, -0.05) is 36.4 Å². The summed E-state index contributed by atoms with van der Waals surface area (Å²) in [6.45, 7) is 3.24. The van der Waals surface area contributed by atoms with E-state index in [1.54, 1.807) is 4.90 Å². The van der Waals surface area contributed by atoms with Crippen molar-refractivity contribution in [2.45, 2.75) is 13.0 Å². The van der Waals surface area contributed by atoms with Gasteiger partial charge in [-0.25, -0.2) is 0 Å². The average molecular weight is 359 g/mol. The molecule has 0 radical (unpaired) electrons. The monoisotopic (exact) mass is 359 g/mol. The van der Waals surface area contributed by atoms with Crippen LogP contribution in [-0.2, 0) is 4.74 Å². The van der Waals surface area contributed by atoms with Crippen LogP contribution in [0.1, 0.15) is 15.9 Å². The summed E-state index contributed by atoms with van der Waals surface area (Å²) < 4.78 is 10.9. The van der Waals surface area contributed by atoms with Crippen molar-refractivity contribution in [2.24, 2.45) is 0 Å². The van der Waals surface area contributed by atoms with Crippen LogP contribution in [0.2, 0.25) is 0 Å². The fourth-order valence-corrected chi connectivity index (χ4v) is 2.98. The van der Waals surface area contributed by atoms with Crippen LogP contribution >= 0.6 is 0 Å². The summed E-state index contributed by atoms with van der Waals surface area (Å²) >= 11 is 0. The van der Waals surface area contributed by atoms with Gasteiger partial charge in [0.05, 0.1) is 6.61 Å². The Kier molecular flexibility index (Phi) is 4.90. The largest absolute Gasteiger partial charge is 0.491 e. The lowest BCUT2D eigenvalue weighted by Gasteiger charge is -2.24. The highest BCUT2D eigenvalue weighted by atomic mass is 16.6. The maximum Gasteiger partial charge on any atom is 0.263 e. The van der Waals surface area contributed by atoms with Gasteiger partial charge in [0.25, 0.3) is 5.91 Å². The molecule has 1 saturated heterocycles. The van der Waals surface area contributed by atoms with E-state index in [4.69, 9.17) is 9.47 Å². The number of carbonyl (C=O) groups excluding carboxylic acids is 1. The fraction of sp³-hybridized carbons (Fsp3) is 0.174. The first kappa shape index (κ1) is 17.3. The number of aryl methyl sites for hydroxylation is 1. The summed E-state index contributed by atoms with van der Waals surface area (Å²) in [6.07, 6.45) is 0.207. The SMILES string of the molecule is Cc1cc(OCC2CO2)ccc1C(=O)N(c1ccccc1)c1ccccc1. The van der Waals surface area contributed by atoms with Crippen LogP contribution in [0.15, 0.2) is 78.9 Å². The van der Waals surface area contributed by atoms with Gasteiger partial charge >= 0.3 is 0 Å². The number of benzene rings is 3. The number of amides is 1. The Morgan fingerprint density at radius 1 is 1.00 bits per heavy atom. The molecule has 4 rings (SSSR count). The molecule has 1 heterocycles. The maximum atomic E-state index is 13.4. The van der Waals surface area contributed by atoms with Gasteiger partial charge in [-0.3, -0.25) is 9.69 Å². The number of hydrogen-bond donors (Lipinski definition) is 0. The van der Waals surface area contributed by atoms with Crippen molar-refractivity contribution in [1.82, 2.24) is 0 Å². The smallest absolute Gasteiger partial charge is 0.263 e. The Labute approximate surface area is 159 Å². The molecule has 1 aliphatic rings. The van der Waals surface area contributed by atoms with E-state index in [1.165, 1.54) is 0 Å². The second kappa shape index (κ2) is 7.64. The number of ether oxygens (including phenoxy) is 2. The number of nitrogens with zero attached hydrogens (tertiary/aromatic N) is 1. The molecule has 3 aromatic rings. The van der Waals surface area contributed by atoms with Crippen molar-refractivity contribution in [3.05, 3.63) is 90.0 Å². The summed E-state index contributed by atoms with van der Waals surface area (Å²) in [5.41, 5.74) is 3.20. The number of epoxide rings is 1. The first-order chi connectivity index (χ1) is 13.2. The highest BCUT2D eigenvalue weighted by Crippen LogP contribution is 2.29. The molecule has 0 bridgehead atoms. The molecule has 3 aromatic carbocycles. The Morgan fingerprint density at radius 2 is 1.59 bits per heavy atom. The van der Waals surface area contributed by atoms with Crippen LogP contribution in [0.25, 0.3) is 0 Å². The molecule has 0 spiro atoms. The molecule has 0 aromatic heterocycles. The normalized spacial score (nSPS) is 15.2. The number of rotatable bonds is 6. The van der Waals surface area contributed by atoms with E-state index in [9.17, 15) is 4.79 Å². The third-order valence-electron chi connectivity index (χ3n) is 4.50. The maximum absolute atomic E-state index is 13.4. The lowest BCUT2D eigenvalue weighted by Crippen LogP contribution is -2.26. The van der Waals surface area contributed by atoms with E-state index in [-0.39, 0.29) is 12.0 Å². The molecule has 4 nitrogen and oxygen atoms in total. The second-order valence-electron chi connectivity index (χ2n) is 6.55. The first-order valence-electron chi connectivity index (χ1n) is 9.02. The standard InChI is InChI=1S/C23H21NO3/c1-17-14-20(26-15-21-16-27-21)12-13-22(17)23(25)24(18-8-4-2-5-9-18)19-10-6-3-7-11-19/h2-14,21H,15-16H2,1H3. The summed E-state index contributed by atoms with van der Waals surface area (Å²) in [5, 5.41) is 0. The van der Waals surface area contributed by atoms with Gasteiger partial charge < -0.3 is 9.47 Å². The zero-order valence-corrected chi connectivity index (χ0v) is 15.2. The number of para-hydroxylation sites is 2. The summed E-state index contributed by atoms with van der Waals surface area (Å²) in [4.78, 5) is 15.2. The molecule has 27 heavy (non-hydrogen) atoms. The van der Waals surface area contributed by atoms with Crippen molar-refractivity contribution in [1.29, 1.82) is 0 Å². The third kappa shape index (κ3) is 4.01. The van der Waals surface area contributed by atoms with Gasteiger partial charge in [0, 0.05) is 16.9 Å². The zero-order chi connectivity index (χ0) is 18.6. The quantitative estimate of drug-likeness (QED) is 0.597. The zero-order valence-electron chi connectivity index (χ0n) is 15.2. The predicted octanol–water partition coefficient (Wildman–Crippen LogP) is 4.75. The molecule has 136 valence electrons. The van der Waals surface area contributed by atoms with Crippen molar-refractivity contribution in [3.63, 3.8) is 0 Å². The van der Waals surface area contributed by atoms with E-state index < -0.39 is 0 Å². The number of anilines is 2. The molecule has 0 saturated carbocycles. The second-order valence-corrected chi connectivity index (χ2v) is 6.55. The van der Waals surface area contributed by atoms with E-state index in [0.717, 1.165) is 29.3 Å². The van der Waals surface area contributed by atoms with Gasteiger partial charge in [-0.15, -0.1) is 0 Å². The van der Waals surface area contributed by atoms with E-state index >= 15 is 0 Å². The molecule has 1 aliphatic heterocycles. The first-order valence-corrected chi connectivity index (χ1v) is 9.02. The van der Waals surface area contributed by atoms with Crippen LogP contribution in [0.4, 0.5) is 11.4 Å². The van der Waals surface area contributed by atoms with E-state index in [2.05, 4.69) is 0 Å². The fourth-order valence-electron chi connectivity index (χ4n) is 2.98. The van der Waals surface area contributed by atoms with Crippen LogP contribution in [-0.4, -0.2) is 25.2 Å². The topological polar surface area (TPSA) is 42.1 Å². The van der Waals surface area contributed by atoms with Crippen molar-refractivity contribution in [2.75, 3.05) is 18.1 Å². The Bertz CT molecular complexity index is 881. The van der Waals surface area contributed by atoms with Gasteiger partial charge in [0.15, 0.2) is 0 Å². The van der Waals surface area contributed by atoms with Crippen LogP contribution in [0, 0.1) is 6.92 Å². The minimum atomic E-state index is -0.0676. The molecule has 1 unspecified atom stereocenters. The molecule has 0 aliphatic carbocycles. The Balaban J connectivity index is 1.65. The molecule has 0 N–H and O–H groups in total. The number of carbonyl (C=O) groups is 1. The summed E-state index contributed by atoms with van der Waals surface area (Å²) in [6, 6.07) is 25.0.